The van der Waals surface area contributed by atoms with Crippen LogP contribution in [0.4, 0.5) is 0 Å². The van der Waals surface area contributed by atoms with Gasteiger partial charge in [0.1, 0.15) is 0 Å². The van der Waals surface area contributed by atoms with Crippen LogP contribution < -0.4 is 0 Å². The van der Waals surface area contributed by atoms with Crippen molar-refractivity contribution < 1.29 is 4.79 Å². The van der Waals surface area contributed by atoms with Crippen molar-refractivity contribution in [1.82, 2.24) is 4.90 Å². The Kier molecular flexibility index (Phi) is 16.3. The summed E-state index contributed by atoms with van der Waals surface area (Å²) in [6, 6.07) is 0. The van der Waals surface area contributed by atoms with E-state index in [1.807, 2.05) is 0 Å². The van der Waals surface area contributed by atoms with E-state index in [4.69, 9.17) is 0 Å². The monoisotopic (exact) mass is 333 g/mol. The zero-order valence-corrected chi connectivity index (χ0v) is 15.2. The standard InChI is InChI=1S/C20H39NO.Na.H/c1-3-5-7-9-11-13-15-19-16-18-21(20(19)22)17-14-12-10-8-6-4-2;;/h19H,3-18H2,1-2H3;;. The Morgan fingerprint density at radius 1 is 0.826 bits per heavy atom. The number of carbonyl (C=O) groups excluding carboxylic acids is 1. The topological polar surface area (TPSA) is 20.3 Å². The van der Waals surface area contributed by atoms with Gasteiger partial charge in [0.2, 0.25) is 5.91 Å². The van der Waals surface area contributed by atoms with Gasteiger partial charge < -0.3 is 4.90 Å². The van der Waals surface area contributed by atoms with E-state index < -0.39 is 0 Å². The molecule has 1 atom stereocenters. The van der Waals surface area contributed by atoms with Gasteiger partial charge in [-0.2, -0.15) is 0 Å². The molecule has 1 heterocycles. The van der Waals surface area contributed by atoms with Crippen LogP contribution in [0.2, 0.25) is 0 Å². The van der Waals surface area contributed by atoms with Crippen molar-refractivity contribution in [2.24, 2.45) is 5.92 Å². The summed E-state index contributed by atoms with van der Waals surface area (Å²) in [7, 11) is 0. The Bertz CT molecular complexity index is 257. The fourth-order valence-corrected chi connectivity index (χ4v) is 3.55. The van der Waals surface area contributed by atoms with Gasteiger partial charge in [0.05, 0.1) is 0 Å². The van der Waals surface area contributed by atoms with E-state index in [9.17, 15) is 4.79 Å². The molecule has 0 aliphatic carbocycles. The summed E-state index contributed by atoms with van der Waals surface area (Å²) in [5.41, 5.74) is 0. The summed E-state index contributed by atoms with van der Waals surface area (Å²) < 4.78 is 0. The van der Waals surface area contributed by atoms with Crippen LogP contribution in [0.25, 0.3) is 0 Å². The first kappa shape index (κ1) is 23.5. The molecule has 132 valence electrons. The molecule has 2 nitrogen and oxygen atoms in total. The summed E-state index contributed by atoms with van der Waals surface area (Å²) in [5, 5.41) is 0. The molecule has 1 aliphatic rings. The van der Waals surface area contributed by atoms with Crippen molar-refractivity contribution in [3.8, 4) is 0 Å². The minimum atomic E-state index is 0. The number of hydrogen-bond acceptors (Lipinski definition) is 1. The number of carbonyl (C=O) groups is 1. The Labute approximate surface area is 167 Å². The zero-order chi connectivity index (χ0) is 16.0. The first-order valence-electron chi connectivity index (χ1n) is 10.1. The average Bonchev–Trinajstić information content (AvgIpc) is 2.87. The number of amides is 1. The van der Waals surface area contributed by atoms with Gasteiger partial charge >= 0.3 is 29.6 Å². The second-order valence-corrected chi connectivity index (χ2v) is 7.14. The van der Waals surface area contributed by atoms with Crippen molar-refractivity contribution in [2.75, 3.05) is 13.1 Å². The van der Waals surface area contributed by atoms with E-state index in [0.29, 0.717) is 11.8 Å². The zero-order valence-electron chi connectivity index (χ0n) is 15.2. The van der Waals surface area contributed by atoms with Gasteiger partial charge in [-0.1, -0.05) is 84.5 Å². The van der Waals surface area contributed by atoms with Crippen molar-refractivity contribution in [3.05, 3.63) is 0 Å². The molecule has 1 saturated heterocycles. The van der Waals surface area contributed by atoms with Crippen LogP contribution in [0.15, 0.2) is 0 Å². The van der Waals surface area contributed by atoms with Crippen molar-refractivity contribution in [1.29, 1.82) is 0 Å². The Hall–Kier alpha value is 0.470. The number of rotatable bonds is 14. The van der Waals surface area contributed by atoms with Crippen molar-refractivity contribution in [3.63, 3.8) is 0 Å². The molecule has 0 aromatic rings. The Morgan fingerprint density at radius 2 is 1.35 bits per heavy atom. The van der Waals surface area contributed by atoms with Gasteiger partial charge in [0, 0.05) is 19.0 Å². The molecule has 0 radical (unpaired) electrons. The van der Waals surface area contributed by atoms with E-state index in [0.717, 1.165) is 25.9 Å². The minimum absolute atomic E-state index is 0. The predicted octanol–water partition coefficient (Wildman–Crippen LogP) is 5.30. The fraction of sp³-hybridized carbons (Fsp3) is 0.950. The van der Waals surface area contributed by atoms with Crippen molar-refractivity contribution >= 4 is 35.5 Å². The SMILES string of the molecule is CCCCCCCCC1CCN(CCCCCCCC)C1=O.[NaH]. The first-order valence-corrected chi connectivity index (χ1v) is 10.1. The van der Waals surface area contributed by atoms with Gasteiger partial charge in [0.25, 0.3) is 0 Å². The molecule has 0 bridgehead atoms. The average molecular weight is 334 g/mol. The van der Waals surface area contributed by atoms with E-state index in [-0.39, 0.29) is 29.6 Å². The molecule has 0 saturated carbocycles. The number of unbranched alkanes of at least 4 members (excludes halogenated alkanes) is 10. The summed E-state index contributed by atoms with van der Waals surface area (Å²) in [5.74, 6) is 0.813. The first-order chi connectivity index (χ1) is 10.8. The molecule has 1 rings (SSSR count). The molecule has 1 fully saturated rings. The molecular formula is C20H40NNaO. The number of nitrogens with zero attached hydrogens (tertiary/aromatic N) is 1. The molecule has 0 aromatic heterocycles. The molecule has 1 aliphatic heterocycles. The van der Waals surface area contributed by atoms with Gasteiger partial charge in [-0.05, 0) is 19.3 Å². The number of hydrogen-bond donors (Lipinski definition) is 0. The van der Waals surface area contributed by atoms with E-state index in [1.54, 1.807) is 0 Å². The third-order valence-corrected chi connectivity index (χ3v) is 5.10. The second kappa shape index (κ2) is 16.0. The van der Waals surface area contributed by atoms with Crippen LogP contribution in [-0.4, -0.2) is 53.5 Å². The summed E-state index contributed by atoms with van der Waals surface area (Å²) in [4.78, 5) is 14.5. The Balaban J connectivity index is 0.00000484. The van der Waals surface area contributed by atoms with Crippen LogP contribution in [0.5, 0.6) is 0 Å². The van der Waals surface area contributed by atoms with E-state index in [2.05, 4.69) is 18.7 Å². The summed E-state index contributed by atoms with van der Waals surface area (Å²) in [6.07, 6.45) is 18.1. The van der Waals surface area contributed by atoms with E-state index >= 15 is 0 Å². The second-order valence-electron chi connectivity index (χ2n) is 7.14. The van der Waals surface area contributed by atoms with Crippen LogP contribution in [-0.2, 0) is 4.79 Å². The molecule has 23 heavy (non-hydrogen) atoms. The maximum atomic E-state index is 12.4. The maximum absolute atomic E-state index is 12.4. The molecule has 0 aromatic carbocycles. The fourth-order valence-electron chi connectivity index (χ4n) is 3.55. The van der Waals surface area contributed by atoms with Crippen molar-refractivity contribution in [2.45, 2.75) is 104 Å². The number of likely N-dealkylation sites (tertiary alicyclic amines) is 1. The summed E-state index contributed by atoms with van der Waals surface area (Å²) >= 11 is 0. The summed E-state index contributed by atoms with van der Waals surface area (Å²) in [6.45, 7) is 6.55. The molecule has 1 amide bonds. The van der Waals surface area contributed by atoms with Crippen LogP contribution in [0.3, 0.4) is 0 Å². The Morgan fingerprint density at radius 3 is 1.96 bits per heavy atom. The van der Waals surface area contributed by atoms with Crippen LogP contribution >= 0.6 is 0 Å². The van der Waals surface area contributed by atoms with E-state index in [1.165, 1.54) is 77.0 Å². The molecule has 0 N–H and O–H groups in total. The predicted molar refractivity (Wildman–Crippen MR) is 103 cm³/mol. The third-order valence-electron chi connectivity index (χ3n) is 5.10. The normalized spacial score (nSPS) is 17.6. The van der Waals surface area contributed by atoms with Gasteiger partial charge in [-0.3, -0.25) is 4.79 Å². The quantitative estimate of drug-likeness (QED) is 0.312. The van der Waals surface area contributed by atoms with Gasteiger partial charge in [-0.25, -0.2) is 0 Å². The molecule has 3 heteroatoms. The molecular weight excluding hydrogens is 293 g/mol. The van der Waals surface area contributed by atoms with Gasteiger partial charge in [-0.15, -0.1) is 0 Å². The van der Waals surface area contributed by atoms with Gasteiger partial charge in [0.15, 0.2) is 0 Å². The molecule has 0 spiro atoms. The van der Waals surface area contributed by atoms with Crippen LogP contribution in [0.1, 0.15) is 104 Å². The van der Waals surface area contributed by atoms with Crippen LogP contribution in [0, 0.1) is 5.92 Å². The third kappa shape index (κ3) is 10.8. The molecule has 1 unspecified atom stereocenters.